The van der Waals surface area contributed by atoms with E-state index in [1.54, 1.807) is 0 Å². The third-order valence-corrected chi connectivity index (χ3v) is 6.21. The summed E-state index contributed by atoms with van der Waals surface area (Å²) >= 11 is 7.46. The van der Waals surface area contributed by atoms with Gasteiger partial charge in [0.05, 0.1) is 5.02 Å². The van der Waals surface area contributed by atoms with Crippen molar-refractivity contribution in [3.05, 3.63) is 34.2 Å². The SMILES string of the molecule is C[C@@H](OC(=O)c1sc2ccccc2c1Cl)C(=O)NC(=O)NC1CCCCC1. The van der Waals surface area contributed by atoms with E-state index in [9.17, 15) is 14.4 Å². The molecule has 0 saturated heterocycles. The molecule has 8 heteroatoms. The summed E-state index contributed by atoms with van der Waals surface area (Å²) in [5.41, 5.74) is 0. The van der Waals surface area contributed by atoms with Crippen molar-refractivity contribution >= 4 is 50.9 Å². The molecule has 1 fully saturated rings. The lowest BCUT2D eigenvalue weighted by molar-refractivity contribution is -0.127. The Hall–Kier alpha value is -2.12. The lowest BCUT2D eigenvalue weighted by Crippen LogP contribution is -2.48. The fourth-order valence-electron chi connectivity index (χ4n) is 3.09. The van der Waals surface area contributed by atoms with Crippen LogP contribution >= 0.6 is 22.9 Å². The molecule has 1 atom stereocenters. The molecule has 1 aliphatic carbocycles. The Labute approximate surface area is 166 Å². The van der Waals surface area contributed by atoms with Crippen LogP contribution in [0.2, 0.25) is 5.02 Å². The maximum Gasteiger partial charge on any atom is 0.350 e. The number of carbonyl (C=O) groups is 3. The summed E-state index contributed by atoms with van der Waals surface area (Å²) in [5.74, 6) is -1.36. The van der Waals surface area contributed by atoms with E-state index < -0.39 is 24.0 Å². The van der Waals surface area contributed by atoms with E-state index in [-0.39, 0.29) is 10.9 Å². The predicted molar refractivity (Wildman–Crippen MR) is 105 cm³/mol. The molecular formula is C19H21ClN2O4S. The average molecular weight is 409 g/mol. The summed E-state index contributed by atoms with van der Waals surface area (Å²) in [7, 11) is 0. The number of rotatable bonds is 4. The lowest BCUT2D eigenvalue weighted by Gasteiger charge is -2.23. The highest BCUT2D eigenvalue weighted by Crippen LogP contribution is 2.35. The van der Waals surface area contributed by atoms with Gasteiger partial charge >= 0.3 is 12.0 Å². The number of hydrogen-bond acceptors (Lipinski definition) is 5. The zero-order valence-electron chi connectivity index (χ0n) is 14.9. The number of amides is 3. The first-order valence-electron chi connectivity index (χ1n) is 8.95. The summed E-state index contributed by atoms with van der Waals surface area (Å²) in [6.45, 7) is 1.42. The van der Waals surface area contributed by atoms with E-state index in [1.807, 2.05) is 24.3 Å². The quantitative estimate of drug-likeness (QED) is 0.740. The van der Waals surface area contributed by atoms with Crippen molar-refractivity contribution in [2.45, 2.75) is 51.2 Å². The number of nitrogens with one attached hydrogen (secondary N) is 2. The Balaban J connectivity index is 1.56. The highest BCUT2D eigenvalue weighted by Gasteiger charge is 2.25. The minimum atomic E-state index is -1.11. The number of carbonyl (C=O) groups excluding carboxylic acids is 3. The number of imide groups is 1. The molecule has 1 saturated carbocycles. The summed E-state index contributed by atoms with van der Waals surface area (Å²) in [6.07, 6.45) is 4.03. The Morgan fingerprint density at radius 1 is 1.19 bits per heavy atom. The van der Waals surface area contributed by atoms with Crippen LogP contribution in [0.4, 0.5) is 4.79 Å². The molecule has 1 aromatic carbocycles. The average Bonchev–Trinajstić information content (AvgIpc) is 2.99. The Morgan fingerprint density at radius 3 is 2.59 bits per heavy atom. The lowest BCUT2D eigenvalue weighted by atomic mass is 9.96. The van der Waals surface area contributed by atoms with E-state index in [2.05, 4.69) is 10.6 Å². The second kappa shape index (κ2) is 8.71. The third-order valence-electron chi connectivity index (χ3n) is 4.55. The second-order valence-corrected chi connectivity index (χ2v) is 8.02. The Morgan fingerprint density at radius 2 is 1.89 bits per heavy atom. The zero-order valence-corrected chi connectivity index (χ0v) is 16.5. The van der Waals surface area contributed by atoms with Gasteiger partial charge in [-0.05, 0) is 25.8 Å². The van der Waals surface area contributed by atoms with Gasteiger partial charge in [0.2, 0.25) is 0 Å². The molecule has 0 aliphatic heterocycles. The van der Waals surface area contributed by atoms with Gasteiger partial charge in [0.1, 0.15) is 4.88 Å². The van der Waals surface area contributed by atoms with Crippen molar-refractivity contribution in [3.8, 4) is 0 Å². The molecule has 3 amide bonds. The monoisotopic (exact) mass is 408 g/mol. The smallest absolute Gasteiger partial charge is 0.350 e. The zero-order chi connectivity index (χ0) is 19.4. The van der Waals surface area contributed by atoms with Gasteiger partial charge in [0, 0.05) is 16.1 Å². The number of urea groups is 1. The van der Waals surface area contributed by atoms with Gasteiger partial charge in [0.25, 0.3) is 5.91 Å². The third kappa shape index (κ3) is 4.78. The van der Waals surface area contributed by atoms with Crippen LogP contribution < -0.4 is 10.6 Å². The van der Waals surface area contributed by atoms with Crippen molar-refractivity contribution in [2.24, 2.45) is 0 Å². The molecule has 144 valence electrons. The van der Waals surface area contributed by atoms with Crippen molar-refractivity contribution in [3.63, 3.8) is 0 Å². The van der Waals surface area contributed by atoms with Crippen LogP contribution in [0.25, 0.3) is 10.1 Å². The highest BCUT2D eigenvalue weighted by molar-refractivity contribution is 7.21. The second-order valence-electron chi connectivity index (χ2n) is 6.59. The minimum Gasteiger partial charge on any atom is -0.448 e. The number of hydrogen-bond donors (Lipinski definition) is 2. The van der Waals surface area contributed by atoms with E-state index in [4.69, 9.17) is 16.3 Å². The Bertz CT molecular complexity index is 861. The molecule has 0 unspecified atom stereocenters. The molecule has 1 aliphatic rings. The van der Waals surface area contributed by atoms with E-state index in [0.717, 1.165) is 35.8 Å². The molecule has 0 spiro atoms. The number of fused-ring (bicyclic) bond motifs is 1. The van der Waals surface area contributed by atoms with Crippen LogP contribution in [0.3, 0.4) is 0 Å². The van der Waals surface area contributed by atoms with E-state index in [0.29, 0.717) is 5.02 Å². The van der Waals surface area contributed by atoms with Crippen LogP contribution in [0.5, 0.6) is 0 Å². The van der Waals surface area contributed by atoms with Crippen molar-refractivity contribution in [2.75, 3.05) is 0 Å². The van der Waals surface area contributed by atoms with Crippen molar-refractivity contribution < 1.29 is 19.1 Å². The molecular weight excluding hydrogens is 388 g/mol. The first-order chi connectivity index (χ1) is 13.0. The van der Waals surface area contributed by atoms with Crippen LogP contribution in [-0.2, 0) is 9.53 Å². The van der Waals surface area contributed by atoms with Crippen molar-refractivity contribution in [1.82, 2.24) is 10.6 Å². The molecule has 0 bridgehead atoms. The fourth-order valence-corrected chi connectivity index (χ4v) is 4.49. The van der Waals surface area contributed by atoms with Crippen LogP contribution in [0, 0.1) is 0 Å². The molecule has 0 radical (unpaired) electrons. The summed E-state index contributed by atoms with van der Waals surface area (Å²) < 4.78 is 6.05. The topological polar surface area (TPSA) is 84.5 Å². The molecule has 2 N–H and O–H groups in total. The van der Waals surface area contributed by atoms with Gasteiger partial charge in [-0.25, -0.2) is 9.59 Å². The van der Waals surface area contributed by atoms with Gasteiger partial charge < -0.3 is 10.1 Å². The number of esters is 1. The van der Waals surface area contributed by atoms with Gasteiger partial charge in [-0.2, -0.15) is 0 Å². The Kier molecular flexibility index (Phi) is 6.34. The van der Waals surface area contributed by atoms with Gasteiger partial charge in [-0.1, -0.05) is 49.1 Å². The number of thiophene rings is 1. The summed E-state index contributed by atoms with van der Waals surface area (Å²) in [5, 5.41) is 6.09. The maximum absolute atomic E-state index is 12.4. The number of benzene rings is 1. The van der Waals surface area contributed by atoms with Crippen LogP contribution in [-0.4, -0.2) is 30.1 Å². The molecule has 1 aromatic heterocycles. The molecule has 3 rings (SSSR count). The van der Waals surface area contributed by atoms with Crippen LogP contribution in [0.15, 0.2) is 24.3 Å². The van der Waals surface area contributed by atoms with E-state index >= 15 is 0 Å². The summed E-state index contributed by atoms with van der Waals surface area (Å²) in [6, 6.07) is 6.88. The predicted octanol–water partition coefficient (Wildman–Crippen LogP) is 4.26. The standard InChI is InChI=1S/C19H21ClN2O4S/c1-11(17(23)22-19(25)21-12-7-3-2-4-8-12)26-18(24)16-15(20)13-9-5-6-10-14(13)27-16/h5-6,9-12H,2-4,7-8H2,1H3,(H2,21,22,23,25)/t11-/m1/s1. The highest BCUT2D eigenvalue weighted by atomic mass is 35.5. The van der Waals surface area contributed by atoms with E-state index in [1.165, 1.54) is 24.7 Å². The van der Waals surface area contributed by atoms with Gasteiger partial charge in [-0.15, -0.1) is 11.3 Å². The molecule has 27 heavy (non-hydrogen) atoms. The normalized spacial score (nSPS) is 15.9. The molecule has 1 heterocycles. The largest absolute Gasteiger partial charge is 0.448 e. The minimum absolute atomic E-state index is 0.0850. The summed E-state index contributed by atoms with van der Waals surface area (Å²) in [4.78, 5) is 36.7. The van der Waals surface area contributed by atoms with Gasteiger partial charge in [-0.3, -0.25) is 10.1 Å². The first-order valence-corrected chi connectivity index (χ1v) is 10.1. The maximum atomic E-state index is 12.4. The molecule has 2 aromatic rings. The fraction of sp³-hybridized carbons (Fsp3) is 0.421. The first kappa shape index (κ1) is 19.6. The number of ether oxygens (including phenoxy) is 1. The van der Waals surface area contributed by atoms with Crippen molar-refractivity contribution in [1.29, 1.82) is 0 Å². The molecule has 6 nitrogen and oxygen atoms in total. The van der Waals surface area contributed by atoms with Crippen LogP contribution in [0.1, 0.15) is 48.7 Å². The number of halogens is 1. The van der Waals surface area contributed by atoms with Gasteiger partial charge in [0.15, 0.2) is 6.10 Å².